The lowest BCUT2D eigenvalue weighted by Crippen LogP contribution is -2.46. The van der Waals surface area contributed by atoms with Crippen molar-refractivity contribution in [3.63, 3.8) is 0 Å². The molecule has 0 bridgehead atoms. The summed E-state index contributed by atoms with van der Waals surface area (Å²) in [6.45, 7) is 3.30. The summed E-state index contributed by atoms with van der Waals surface area (Å²) in [6.07, 6.45) is 7.78. The summed E-state index contributed by atoms with van der Waals surface area (Å²) < 4.78 is 0. The molecule has 2 heterocycles. The largest absolute Gasteiger partial charge is 0.360 e. The number of nitrogens with zero attached hydrogens (tertiary/aromatic N) is 1. The number of hydrogen-bond donors (Lipinski definition) is 3. The maximum atomic E-state index is 13.4. The molecule has 40 heavy (non-hydrogen) atoms. The first-order valence-electron chi connectivity index (χ1n) is 14.3. The molecule has 1 saturated carbocycles. The average molecular weight is 555 g/mol. The summed E-state index contributed by atoms with van der Waals surface area (Å²) in [5.74, 6) is -0.490. The number of rotatable bonds is 7. The lowest BCUT2D eigenvalue weighted by molar-refractivity contribution is -0.121. The van der Waals surface area contributed by atoms with E-state index in [0.29, 0.717) is 10.6 Å². The fraction of sp³-hybridized carbons (Fsp3) is 0.333. The van der Waals surface area contributed by atoms with E-state index in [1.165, 1.54) is 37.1 Å². The molecule has 2 amide bonds. The summed E-state index contributed by atoms with van der Waals surface area (Å²) >= 11 is 6.18. The first-order valence-corrected chi connectivity index (χ1v) is 14.7. The number of amides is 2. The van der Waals surface area contributed by atoms with Gasteiger partial charge in [0.25, 0.3) is 5.91 Å². The zero-order chi connectivity index (χ0) is 27.5. The summed E-state index contributed by atoms with van der Waals surface area (Å²) in [4.78, 5) is 32.1. The maximum Gasteiger partial charge on any atom is 0.251 e. The topological polar surface area (TPSA) is 77.2 Å². The molecule has 0 spiro atoms. The van der Waals surface area contributed by atoms with Gasteiger partial charge in [-0.1, -0.05) is 66.9 Å². The Labute approximate surface area is 240 Å². The Balaban J connectivity index is 1.11. The van der Waals surface area contributed by atoms with E-state index in [0.717, 1.165) is 54.4 Å². The van der Waals surface area contributed by atoms with Gasteiger partial charge in [-0.25, -0.2) is 0 Å². The highest BCUT2D eigenvalue weighted by molar-refractivity contribution is 6.35. The highest BCUT2D eigenvalue weighted by Crippen LogP contribution is 2.30. The SMILES string of the molecule is O=C(N[C@@H]1CCCC[C@@H]1C(=O)Nc1ccc(-c2ccccc2CN2CCCC2)cc1)c1ccc2c(Cl)c[nH]c2c1. The van der Waals surface area contributed by atoms with Crippen LogP contribution in [0.15, 0.2) is 72.9 Å². The van der Waals surface area contributed by atoms with Crippen LogP contribution >= 0.6 is 11.6 Å². The van der Waals surface area contributed by atoms with E-state index < -0.39 is 0 Å². The minimum Gasteiger partial charge on any atom is -0.360 e. The van der Waals surface area contributed by atoms with Gasteiger partial charge in [-0.15, -0.1) is 0 Å². The van der Waals surface area contributed by atoms with Crippen molar-refractivity contribution in [3.8, 4) is 11.1 Å². The Morgan fingerprint density at radius 3 is 2.52 bits per heavy atom. The summed E-state index contributed by atoms with van der Waals surface area (Å²) in [5, 5.41) is 7.77. The zero-order valence-corrected chi connectivity index (χ0v) is 23.3. The minimum atomic E-state index is -0.276. The molecule has 0 unspecified atom stereocenters. The number of hydrogen-bond acceptors (Lipinski definition) is 3. The Morgan fingerprint density at radius 2 is 1.70 bits per heavy atom. The molecule has 0 radical (unpaired) electrons. The number of nitrogens with one attached hydrogen (secondary N) is 3. The van der Waals surface area contributed by atoms with Crippen LogP contribution in [0.4, 0.5) is 5.69 Å². The number of aromatic nitrogens is 1. The molecule has 2 aliphatic rings. The number of likely N-dealkylation sites (tertiary alicyclic amines) is 1. The van der Waals surface area contributed by atoms with Crippen LogP contribution in [0.3, 0.4) is 0 Å². The highest BCUT2D eigenvalue weighted by Gasteiger charge is 2.32. The van der Waals surface area contributed by atoms with Gasteiger partial charge in [-0.2, -0.15) is 0 Å². The van der Waals surface area contributed by atoms with E-state index in [-0.39, 0.29) is 23.8 Å². The van der Waals surface area contributed by atoms with Gasteiger partial charge in [0.15, 0.2) is 0 Å². The third-order valence-corrected chi connectivity index (χ3v) is 8.70. The van der Waals surface area contributed by atoms with Crippen LogP contribution in [0.25, 0.3) is 22.0 Å². The molecule has 1 aliphatic carbocycles. The molecule has 2 atom stereocenters. The van der Waals surface area contributed by atoms with Crippen molar-refractivity contribution < 1.29 is 9.59 Å². The molecule has 1 aliphatic heterocycles. The predicted molar refractivity (Wildman–Crippen MR) is 162 cm³/mol. The second-order valence-corrected chi connectivity index (χ2v) is 11.5. The van der Waals surface area contributed by atoms with Crippen molar-refractivity contribution in [1.82, 2.24) is 15.2 Å². The first-order chi connectivity index (χ1) is 19.5. The van der Waals surface area contributed by atoms with Crippen LogP contribution in [0.1, 0.15) is 54.4 Å². The Morgan fingerprint density at radius 1 is 0.925 bits per heavy atom. The van der Waals surface area contributed by atoms with Gasteiger partial charge < -0.3 is 15.6 Å². The van der Waals surface area contributed by atoms with E-state index in [1.54, 1.807) is 18.3 Å². The van der Waals surface area contributed by atoms with E-state index in [2.05, 4.69) is 56.9 Å². The van der Waals surface area contributed by atoms with Gasteiger partial charge in [0.05, 0.1) is 10.9 Å². The van der Waals surface area contributed by atoms with Crippen LogP contribution in [-0.4, -0.2) is 40.8 Å². The number of carbonyl (C=O) groups is 2. The van der Waals surface area contributed by atoms with Gasteiger partial charge >= 0.3 is 0 Å². The second-order valence-electron chi connectivity index (χ2n) is 11.1. The van der Waals surface area contributed by atoms with Crippen molar-refractivity contribution in [1.29, 1.82) is 0 Å². The fourth-order valence-electron chi connectivity index (χ4n) is 6.19. The van der Waals surface area contributed by atoms with Crippen LogP contribution < -0.4 is 10.6 Å². The van der Waals surface area contributed by atoms with Crippen molar-refractivity contribution in [3.05, 3.63) is 89.1 Å². The van der Waals surface area contributed by atoms with Crippen LogP contribution in [0, 0.1) is 5.92 Å². The number of anilines is 1. The molecule has 206 valence electrons. The van der Waals surface area contributed by atoms with E-state index in [9.17, 15) is 9.59 Å². The number of carbonyl (C=O) groups excluding carboxylic acids is 2. The quantitative estimate of drug-likeness (QED) is 0.230. The molecule has 4 aromatic rings. The molecule has 6 nitrogen and oxygen atoms in total. The average Bonchev–Trinajstić information content (AvgIpc) is 3.63. The van der Waals surface area contributed by atoms with Crippen molar-refractivity contribution in [2.45, 2.75) is 51.1 Å². The van der Waals surface area contributed by atoms with Crippen LogP contribution in [0.2, 0.25) is 5.02 Å². The first kappa shape index (κ1) is 26.6. The summed E-state index contributed by atoms with van der Waals surface area (Å²) in [7, 11) is 0. The molecule has 2 fully saturated rings. The van der Waals surface area contributed by atoms with E-state index in [1.807, 2.05) is 18.2 Å². The van der Waals surface area contributed by atoms with E-state index in [4.69, 9.17) is 11.6 Å². The molecule has 3 aromatic carbocycles. The number of fused-ring (bicyclic) bond motifs is 1. The van der Waals surface area contributed by atoms with Gasteiger partial charge in [0.1, 0.15) is 0 Å². The Kier molecular flexibility index (Phi) is 7.89. The normalized spacial score (nSPS) is 19.5. The van der Waals surface area contributed by atoms with Crippen LogP contribution in [-0.2, 0) is 11.3 Å². The highest BCUT2D eigenvalue weighted by atomic mass is 35.5. The lowest BCUT2D eigenvalue weighted by atomic mass is 9.83. The number of aromatic amines is 1. The van der Waals surface area contributed by atoms with Crippen molar-refractivity contribution >= 4 is 40.0 Å². The van der Waals surface area contributed by atoms with Gasteiger partial charge in [-0.3, -0.25) is 14.5 Å². The number of benzene rings is 3. The summed E-state index contributed by atoms with van der Waals surface area (Å²) in [6, 6.07) is 21.9. The van der Waals surface area contributed by atoms with Gasteiger partial charge in [0.2, 0.25) is 5.91 Å². The molecule has 1 saturated heterocycles. The van der Waals surface area contributed by atoms with Gasteiger partial charge in [0, 0.05) is 40.9 Å². The molecule has 3 N–H and O–H groups in total. The number of halogens is 1. The van der Waals surface area contributed by atoms with Crippen LogP contribution in [0.5, 0.6) is 0 Å². The number of H-pyrrole nitrogens is 1. The molecular formula is C33H35ClN4O2. The Hall–Kier alpha value is -3.61. The van der Waals surface area contributed by atoms with Gasteiger partial charge in [-0.05, 0) is 79.7 Å². The predicted octanol–water partition coefficient (Wildman–Crippen LogP) is 7.01. The van der Waals surface area contributed by atoms with Crippen molar-refractivity contribution in [2.24, 2.45) is 5.92 Å². The Bertz CT molecular complexity index is 1510. The standard InChI is InChI=1S/C33H35ClN4O2/c34-29-20-35-31-19-23(13-16-27(29)31)32(39)37-30-10-4-3-9-28(30)33(40)36-25-14-11-22(12-15-25)26-8-2-1-7-24(26)21-38-17-5-6-18-38/h1-2,7-8,11-16,19-20,28,30,35H,3-6,9-10,17-18,21H2,(H,36,40)(H,37,39)/t28-,30+/m0/s1. The van der Waals surface area contributed by atoms with E-state index >= 15 is 0 Å². The second kappa shape index (κ2) is 11.9. The minimum absolute atomic E-state index is 0.0428. The lowest BCUT2D eigenvalue weighted by Gasteiger charge is -2.31. The summed E-state index contributed by atoms with van der Waals surface area (Å²) in [5.41, 5.74) is 5.86. The maximum absolute atomic E-state index is 13.4. The zero-order valence-electron chi connectivity index (χ0n) is 22.6. The molecule has 1 aromatic heterocycles. The molecular weight excluding hydrogens is 520 g/mol. The fourth-order valence-corrected chi connectivity index (χ4v) is 6.41. The molecule has 7 heteroatoms. The smallest absolute Gasteiger partial charge is 0.251 e. The monoisotopic (exact) mass is 554 g/mol. The molecule has 6 rings (SSSR count). The third-order valence-electron chi connectivity index (χ3n) is 8.39. The van der Waals surface area contributed by atoms with Crippen molar-refractivity contribution in [2.75, 3.05) is 18.4 Å². The third kappa shape index (κ3) is 5.79.